The Labute approximate surface area is 185 Å². The third-order valence-corrected chi connectivity index (χ3v) is 6.92. The number of anilines is 1. The Balaban J connectivity index is 1.56. The van der Waals surface area contributed by atoms with Crippen LogP contribution in [-0.2, 0) is 10.0 Å². The summed E-state index contributed by atoms with van der Waals surface area (Å²) in [5.74, 6) is 0.420. The fourth-order valence-corrected chi connectivity index (χ4v) is 4.74. The molecule has 0 atom stereocenters. The molecule has 30 heavy (non-hydrogen) atoms. The predicted molar refractivity (Wildman–Crippen MR) is 123 cm³/mol. The molecular weight excluding hydrogens is 440 g/mol. The summed E-state index contributed by atoms with van der Waals surface area (Å²) in [6.07, 6.45) is 0. The zero-order valence-electron chi connectivity index (χ0n) is 16.3. The average Bonchev–Trinajstić information content (AvgIpc) is 2.73. The molecule has 0 spiro atoms. The van der Waals surface area contributed by atoms with E-state index in [-0.39, 0.29) is 21.5 Å². The second-order valence-electron chi connectivity index (χ2n) is 6.53. The fraction of sp³-hybridized carbons (Fsp3) is 0.136. The van der Waals surface area contributed by atoms with Crippen LogP contribution >= 0.6 is 23.4 Å². The normalized spacial score (nSPS) is 11.1. The quantitative estimate of drug-likeness (QED) is 0.367. The van der Waals surface area contributed by atoms with Crippen molar-refractivity contribution >= 4 is 45.0 Å². The van der Waals surface area contributed by atoms with Gasteiger partial charge in [0.25, 0.3) is 15.9 Å². The zero-order valence-corrected chi connectivity index (χ0v) is 18.7. The van der Waals surface area contributed by atoms with E-state index in [1.807, 2.05) is 31.2 Å². The van der Waals surface area contributed by atoms with Crippen LogP contribution < -0.4 is 10.0 Å². The first-order valence-corrected chi connectivity index (χ1v) is 12.0. The number of benzene rings is 3. The summed E-state index contributed by atoms with van der Waals surface area (Å²) in [6.45, 7) is 2.52. The molecule has 3 rings (SSSR count). The number of amides is 1. The van der Waals surface area contributed by atoms with Gasteiger partial charge in [-0.3, -0.25) is 9.52 Å². The summed E-state index contributed by atoms with van der Waals surface area (Å²) >= 11 is 7.87. The van der Waals surface area contributed by atoms with Gasteiger partial charge in [0.15, 0.2) is 0 Å². The maximum Gasteiger partial charge on any atom is 0.261 e. The maximum atomic E-state index is 12.4. The van der Waals surface area contributed by atoms with Crippen molar-refractivity contribution in [3.05, 3.63) is 88.9 Å². The van der Waals surface area contributed by atoms with Crippen LogP contribution in [0.4, 0.5) is 5.69 Å². The second-order valence-corrected chi connectivity index (χ2v) is 9.79. The van der Waals surface area contributed by atoms with Crippen molar-refractivity contribution in [3.63, 3.8) is 0 Å². The van der Waals surface area contributed by atoms with Gasteiger partial charge in [-0.1, -0.05) is 47.5 Å². The van der Waals surface area contributed by atoms with Gasteiger partial charge in [0, 0.05) is 17.2 Å². The monoisotopic (exact) mass is 460 g/mol. The van der Waals surface area contributed by atoms with Crippen LogP contribution in [0.3, 0.4) is 0 Å². The van der Waals surface area contributed by atoms with E-state index >= 15 is 0 Å². The number of carbonyl (C=O) groups is 1. The van der Waals surface area contributed by atoms with Crippen molar-refractivity contribution < 1.29 is 13.2 Å². The third-order valence-electron chi connectivity index (χ3n) is 4.20. The molecule has 0 saturated heterocycles. The number of carbonyl (C=O) groups excluding carboxylic acids is 1. The van der Waals surface area contributed by atoms with Gasteiger partial charge in [0.05, 0.1) is 21.2 Å². The van der Waals surface area contributed by atoms with Crippen LogP contribution in [0.2, 0.25) is 5.02 Å². The van der Waals surface area contributed by atoms with Crippen molar-refractivity contribution in [2.45, 2.75) is 16.7 Å². The zero-order chi connectivity index (χ0) is 21.6. The Kier molecular flexibility index (Phi) is 7.42. The smallest absolute Gasteiger partial charge is 0.261 e. The molecule has 3 aromatic carbocycles. The Hall–Kier alpha value is -2.48. The molecule has 156 valence electrons. The van der Waals surface area contributed by atoms with Gasteiger partial charge in [-0.2, -0.15) is 0 Å². The number of thioether (sulfide) groups is 1. The van der Waals surface area contributed by atoms with Crippen LogP contribution in [-0.4, -0.2) is 26.6 Å². The SMILES string of the molecule is Cc1ccc(SCCNC(=O)c2ccc(NS(=O)(=O)c3ccccc3)cc2Cl)cc1. The van der Waals surface area contributed by atoms with Crippen molar-refractivity contribution in [2.24, 2.45) is 0 Å². The minimum absolute atomic E-state index is 0.147. The van der Waals surface area contributed by atoms with Crippen LogP contribution in [0.1, 0.15) is 15.9 Å². The summed E-state index contributed by atoms with van der Waals surface area (Å²) in [7, 11) is -3.72. The van der Waals surface area contributed by atoms with Gasteiger partial charge in [0.1, 0.15) is 0 Å². The highest BCUT2D eigenvalue weighted by Gasteiger charge is 2.16. The molecular formula is C22H21ClN2O3S2. The molecule has 8 heteroatoms. The van der Waals surface area contributed by atoms with E-state index in [0.29, 0.717) is 12.1 Å². The van der Waals surface area contributed by atoms with Gasteiger partial charge in [-0.25, -0.2) is 8.42 Å². The van der Waals surface area contributed by atoms with Crippen LogP contribution in [0.25, 0.3) is 0 Å². The molecule has 1 amide bonds. The maximum absolute atomic E-state index is 12.4. The topological polar surface area (TPSA) is 75.3 Å². The van der Waals surface area contributed by atoms with Crippen LogP contribution in [0.15, 0.2) is 82.6 Å². The lowest BCUT2D eigenvalue weighted by atomic mass is 10.2. The summed E-state index contributed by atoms with van der Waals surface area (Å²) in [5.41, 5.74) is 1.78. The average molecular weight is 461 g/mol. The molecule has 5 nitrogen and oxygen atoms in total. The fourth-order valence-electron chi connectivity index (χ4n) is 2.64. The molecule has 0 aliphatic heterocycles. The van der Waals surface area contributed by atoms with Gasteiger partial charge >= 0.3 is 0 Å². The summed E-state index contributed by atoms with van der Waals surface area (Å²) in [6, 6.07) is 20.7. The molecule has 0 fully saturated rings. The number of hydrogen-bond acceptors (Lipinski definition) is 4. The second kappa shape index (κ2) is 10.0. The van der Waals surface area contributed by atoms with Crippen molar-refractivity contribution in [1.29, 1.82) is 0 Å². The molecule has 0 bridgehead atoms. The molecule has 0 heterocycles. The molecule has 0 unspecified atom stereocenters. The van der Waals surface area contributed by atoms with E-state index < -0.39 is 10.0 Å². The van der Waals surface area contributed by atoms with Crippen molar-refractivity contribution in [3.8, 4) is 0 Å². The standard InChI is InChI=1S/C22H21ClN2O3S2/c1-16-7-10-18(11-8-16)29-14-13-24-22(26)20-12-9-17(15-21(20)23)25-30(27,28)19-5-3-2-4-6-19/h2-12,15,25H,13-14H2,1H3,(H,24,26). The third kappa shape index (κ3) is 6.01. The van der Waals surface area contributed by atoms with E-state index in [9.17, 15) is 13.2 Å². The number of aryl methyl sites for hydroxylation is 1. The number of sulfonamides is 1. The number of hydrogen-bond donors (Lipinski definition) is 2. The minimum atomic E-state index is -3.72. The summed E-state index contributed by atoms with van der Waals surface area (Å²) in [5, 5.41) is 3.01. The molecule has 3 aromatic rings. The Morgan fingerprint density at radius 3 is 2.37 bits per heavy atom. The van der Waals surface area contributed by atoms with Crippen molar-refractivity contribution in [1.82, 2.24) is 5.32 Å². The molecule has 0 aliphatic carbocycles. The van der Waals surface area contributed by atoms with Crippen LogP contribution in [0.5, 0.6) is 0 Å². The van der Waals surface area contributed by atoms with E-state index in [1.165, 1.54) is 35.9 Å². The number of nitrogens with one attached hydrogen (secondary N) is 2. The first-order valence-electron chi connectivity index (χ1n) is 9.20. The molecule has 2 N–H and O–H groups in total. The molecule has 0 saturated carbocycles. The molecule has 0 aliphatic rings. The lowest BCUT2D eigenvalue weighted by Gasteiger charge is -2.11. The Morgan fingerprint density at radius 2 is 1.70 bits per heavy atom. The largest absolute Gasteiger partial charge is 0.351 e. The predicted octanol–water partition coefficient (Wildman–Crippen LogP) is 4.97. The van der Waals surface area contributed by atoms with E-state index in [2.05, 4.69) is 10.0 Å². The van der Waals surface area contributed by atoms with Gasteiger partial charge < -0.3 is 5.32 Å². The summed E-state index contributed by atoms with van der Waals surface area (Å²) in [4.78, 5) is 13.7. The first-order chi connectivity index (χ1) is 14.3. The summed E-state index contributed by atoms with van der Waals surface area (Å²) < 4.78 is 27.3. The number of rotatable bonds is 8. The van der Waals surface area contributed by atoms with E-state index in [4.69, 9.17) is 11.6 Å². The number of halogens is 1. The highest BCUT2D eigenvalue weighted by atomic mass is 35.5. The van der Waals surface area contributed by atoms with Crippen molar-refractivity contribution in [2.75, 3.05) is 17.0 Å². The van der Waals surface area contributed by atoms with E-state index in [1.54, 1.807) is 30.0 Å². The minimum Gasteiger partial charge on any atom is -0.351 e. The highest BCUT2D eigenvalue weighted by molar-refractivity contribution is 7.99. The highest BCUT2D eigenvalue weighted by Crippen LogP contribution is 2.23. The van der Waals surface area contributed by atoms with Gasteiger partial charge in [-0.15, -0.1) is 11.8 Å². The lowest BCUT2D eigenvalue weighted by Crippen LogP contribution is -2.26. The Morgan fingerprint density at radius 1 is 1.00 bits per heavy atom. The van der Waals surface area contributed by atoms with Crippen LogP contribution in [0, 0.1) is 6.92 Å². The lowest BCUT2D eigenvalue weighted by molar-refractivity contribution is 0.0956. The molecule has 0 radical (unpaired) electrons. The molecule has 0 aromatic heterocycles. The first kappa shape index (κ1) is 22.2. The van der Waals surface area contributed by atoms with E-state index in [0.717, 1.165) is 10.6 Å². The Bertz CT molecular complexity index is 1120. The van der Waals surface area contributed by atoms with Gasteiger partial charge in [0.2, 0.25) is 0 Å². The van der Waals surface area contributed by atoms with Gasteiger partial charge in [-0.05, 0) is 49.4 Å².